The molecule has 6 heteroatoms. The molecular weight excluding hydrogens is 280 g/mol. The van der Waals surface area contributed by atoms with Crippen LogP contribution in [0.1, 0.15) is 11.4 Å². The van der Waals surface area contributed by atoms with Gasteiger partial charge in [0.05, 0.1) is 22.1 Å². The molecule has 0 aliphatic heterocycles. The summed E-state index contributed by atoms with van der Waals surface area (Å²) in [6, 6.07) is 7.59. The van der Waals surface area contributed by atoms with E-state index in [0.717, 1.165) is 28.0 Å². The highest BCUT2D eigenvalue weighted by atomic mass is 35.5. The molecule has 96 valence electrons. The van der Waals surface area contributed by atoms with E-state index in [1.54, 1.807) is 0 Å². The quantitative estimate of drug-likeness (QED) is 0.694. The molecular formula is C13H11ClN4S. The van der Waals surface area contributed by atoms with E-state index in [4.69, 9.17) is 23.8 Å². The highest BCUT2D eigenvalue weighted by Gasteiger charge is 2.14. The third-order valence-corrected chi connectivity index (χ3v) is 3.70. The number of nitrogens with zero attached hydrogens (tertiary/aromatic N) is 3. The van der Waals surface area contributed by atoms with Crippen molar-refractivity contribution in [2.24, 2.45) is 0 Å². The summed E-state index contributed by atoms with van der Waals surface area (Å²) in [5, 5.41) is 13.2. The van der Waals surface area contributed by atoms with Crippen LogP contribution >= 0.6 is 23.8 Å². The summed E-state index contributed by atoms with van der Waals surface area (Å²) in [4.78, 5) is 0. The lowest BCUT2D eigenvalue weighted by Gasteiger charge is -2.05. The first-order chi connectivity index (χ1) is 9.09. The van der Waals surface area contributed by atoms with Crippen molar-refractivity contribution < 1.29 is 0 Å². The zero-order valence-electron chi connectivity index (χ0n) is 10.4. The summed E-state index contributed by atoms with van der Waals surface area (Å²) < 4.78 is 2.35. The molecule has 0 fully saturated rings. The van der Waals surface area contributed by atoms with E-state index in [9.17, 15) is 0 Å². The summed E-state index contributed by atoms with van der Waals surface area (Å²) in [5.74, 6) is 0. The lowest BCUT2D eigenvalue weighted by molar-refractivity contribution is 0.860. The molecule has 0 amide bonds. The molecule has 2 aromatic heterocycles. The molecule has 0 saturated heterocycles. The first kappa shape index (κ1) is 12.3. The van der Waals surface area contributed by atoms with Crippen LogP contribution < -0.4 is 0 Å². The van der Waals surface area contributed by atoms with E-state index in [2.05, 4.69) is 15.3 Å². The summed E-state index contributed by atoms with van der Waals surface area (Å²) in [6.07, 6.45) is 0. The third-order valence-electron chi connectivity index (χ3n) is 3.10. The van der Waals surface area contributed by atoms with Crippen molar-refractivity contribution in [1.82, 2.24) is 20.0 Å². The second kappa shape index (κ2) is 4.43. The van der Waals surface area contributed by atoms with E-state index in [1.807, 2.05) is 42.8 Å². The van der Waals surface area contributed by atoms with Crippen LogP contribution in [0.15, 0.2) is 24.3 Å². The maximum Gasteiger partial charge on any atom is 0.148 e. The number of benzene rings is 1. The van der Waals surface area contributed by atoms with Gasteiger partial charge in [-0.1, -0.05) is 36.0 Å². The van der Waals surface area contributed by atoms with Gasteiger partial charge >= 0.3 is 0 Å². The molecule has 0 atom stereocenters. The third kappa shape index (κ3) is 1.86. The van der Waals surface area contributed by atoms with Crippen LogP contribution in [0.2, 0.25) is 5.02 Å². The zero-order chi connectivity index (χ0) is 13.6. The predicted octanol–water partition coefficient (Wildman–Crippen LogP) is 3.75. The maximum atomic E-state index is 6.23. The molecule has 0 unspecified atom stereocenters. The molecule has 1 N–H and O–H groups in total. The van der Waals surface area contributed by atoms with Crippen LogP contribution in [0.3, 0.4) is 0 Å². The van der Waals surface area contributed by atoms with Gasteiger partial charge in [-0.25, -0.2) is 4.68 Å². The topological polar surface area (TPSA) is 46.5 Å². The number of aromatic amines is 1. The lowest BCUT2D eigenvalue weighted by Crippen LogP contribution is -1.99. The van der Waals surface area contributed by atoms with Gasteiger partial charge in [0.2, 0.25) is 0 Å². The standard InChI is InChI=1S/C13H11ClN4S/c1-7-11-8(2)18(10-6-4-3-5-9(10)14)17-12(11)13(19)16-15-7/h3-6H,1-2H3,(H,16,19). The number of rotatable bonds is 1. The average Bonchev–Trinajstić information content (AvgIpc) is 2.74. The maximum absolute atomic E-state index is 6.23. The SMILES string of the molecule is Cc1n[nH]c(=S)c2nn(-c3ccccc3Cl)c(C)c12. The van der Waals surface area contributed by atoms with E-state index >= 15 is 0 Å². The minimum absolute atomic E-state index is 0.537. The molecule has 0 bridgehead atoms. The number of fused-ring (bicyclic) bond motifs is 1. The highest BCUT2D eigenvalue weighted by molar-refractivity contribution is 7.71. The molecule has 4 nitrogen and oxygen atoms in total. The van der Waals surface area contributed by atoms with Crippen LogP contribution in [0.25, 0.3) is 16.6 Å². The van der Waals surface area contributed by atoms with Gasteiger partial charge in [0.25, 0.3) is 0 Å². The monoisotopic (exact) mass is 290 g/mol. The fraction of sp³-hybridized carbons (Fsp3) is 0.154. The Morgan fingerprint density at radius 2 is 2.00 bits per heavy atom. The van der Waals surface area contributed by atoms with Gasteiger partial charge in [-0.15, -0.1) is 0 Å². The van der Waals surface area contributed by atoms with Crippen LogP contribution in [-0.4, -0.2) is 20.0 Å². The highest BCUT2D eigenvalue weighted by Crippen LogP contribution is 2.26. The van der Waals surface area contributed by atoms with Gasteiger partial charge in [0.1, 0.15) is 10.2 Å². The first-order valence-corrected chi connectivity index (χ1v) is 6.57. The Kier molecular flexibility index (Phi) is 2.88. The van der Waals surface area contributed by atoms with E-state index < -0.39 is 0 Å². The van der Waals surface area contributed by atoms with Gasteiger partial charge in [-0.3, -0.25) is 5.10 Å². The van der Waals surface area contributed by atoms with Crippen molar-refractivity contribution in [2.75, 3.05) is 0 Å². The number of aromatic nitrogens is 4. The first-order valence-electron chi connectivity index (χ1n) is 5.79. The second-order valence-electron chi connectivity index (χ2n) is 4.31. The lowest BCUT2D eigenvalue weighted by atomic mass is 10.2. The number of hydrogen-bond donors (Lipinski definition) is 1. The molecule has 2 heterocycles. The number of H-pyrrole nitrogens is 1. The van der Waals surface area contributed by atoms with Crippen molar-refractivity contribution in [2.45, 2.75) is 13.8 Å². The second-order valence-corrected chi connectivity index (χ2v) is 5.13. The molecule has 0 saturated carbocycles. The van der Waals surface area contributed by atoms with Crippen molar-refractivity contribution in [1.29, 1.82) is 0 Å². The summed E-state index contributed by atoms with van der Waals surface area (Å²) in [7, 11) is 0. The fourth-order valence-corrected chi connectivity index (χ4v) is 2.60. The Labute approximate surface area is 120 Å². The Balaban J connectivity index is 2.42. The largest absolute Gasteiger partial charge is 0.266 e. The summed E-state index contributed by atoms with van der Waals surface area (Å²) >= 11 is 11.5. The van der Waals surface area contributed by atoms with Crippen LogP contribution in [0.5, 0.6) is 0 Å². The predicted molar refractivity (Wildman–Crippen MR) is 78.5 cm³/mol. The van der Waals surface area contributed by atoms with Crippen molar-refractivity contribution in [3.63, 3.8) is 0 Å². The van der Waals surface area contributed by atoms with Gasteiger partial charge < -0.3 is 0 Å². The number of para-hydroxylation sites is 1. The van der Waals surface area contributed by atoms with Gasteiger partial charge in [-0.2, -0.15) is 10.2 Å². The minimum atomic E-state index is 0.537. The molecule has 19 heavy (non-hydrogen) atoms. The van der Waals surface area contributed by atoms with Crippen molar-refractivity contribution in [3.05, 3.63) is 45.3 Å². The minimum Gasteiger partial charge on any atom is -0.266 e. The number of halogens is 1. The summed E-state index contributed by atoms with van der Waals surface area (Å²) in [5.41, 5.74) is 3.44. The zero-order valence-corrected chi connectivity index (χ0v) is 12.0. The van der Waals surface area contributed by atoms with Gasteiger partial charge in [-0.05, 0) is 26.0 Å². The molecule has 0 aliphatic carbocycles. The molecule has 0 aliphatic rings. The fourth-order valence-electron chi connectivity index (χ4n) is 2.20. The Hall–Kier alpha value is -1.72. The van der Waals surface area contributed by atoms with E-state index in [0.29, 0.717) is 9.66 Å². The van der Waals surface area contributed by atoms with Gasteiger partial charge in [0, 0.05) is 5.39 Å². The van der Waals surface area contributed by atoms with Crippen LogP contribution in [-0.2, 0) is 0 Å². The molecule has 0 radical (unpaired) electrons. The van der Waals surface area contributed by atoms with Crippen LogP contribution in [0.4, 0.5) is 0 Å². The summed E-state index contributed by atoms with van der Waals surface area (Å²) in [6.45, 7) is 3.92. The smallest absolute Gasteiger partial charge is 0.148 e. The molecule has 3 rings (SSSR count). The Morgan fingerprint density at radius 1 is 1.26 bits per heavy atom. The van der Waals surface area contributed by atoms with Crippen LogP contribution in [0, 0.1) is 18.5 Å². The number of nitrogens with one attached hydrogen (secondary N) is 1. The number of aryl methyl sites for hydroxylation is 2. The van der Waals surface area contributed by atoms with Crippen molar-refractivity contribution >= 4 is 34.7 Å². The molecule has 0 spiro atoms. The Morgan fingerprint density at radius 3 is 2.68 bits per heavy atom. The molecule has 1 aromatic carbocycles. The number of hydrogen-bond acceptors (Lipinski definition) is 3. The van der Waals surface area contributed by atoms with E-state index in [1.165, 1.54) is 0 Å². The molecule has 3 aromatic rings. The van der Waals surface area contributed by atoms with Gasteiger partial charge in [0.15, 0.2) is 0 Å². The average molecular weight is 291 g/mol. The normalized spacial score (nSPS) is 11.1. The van der Waals surface area contributed by atoms with E-state index in [-0.39, 0.29) is 0 Å². The Bertz CT molecular complexity index is 834. The van der Waals surface area contributed by atoms with Crippen molar-refractivity contribution in [3.8, 4) is 5.69 Å².